The van der Waals surface area contributed by atoms with Gasteiger partial charge in [-0.25, -0.2) is 4.98 Å². The number of aromatic nitrogens is 2. The summed E-state index contributed by atoms with van der Waals surface area (Å²) in [6, 6.07) is 17.5. The molecule has 0 atom stereocenters. The monoisotopic (exact) mass is 432 g/mol. The Labute approximate surface area is 182 Å². The van der Waals surface area contributed by atoms with Crippen LogP contribution < -0.4 is 5.32 Å². The van der Waals surface area contributed by atoms with Gasteiger partial charge in [-0.15, -0.1) is 11.3 Å². The fourth-order valence-corrected chi connectivity index (χ4v) is 4.27. The number of benzene rings is 2. The molecule has 30 heavy (non-hydrogen) atoms. The first-order chi connectivity index (χ1) is 14.5. The van der Waals surface area contributed by atoms with Crippen molar-refractivity contribution >= 4 is 51.0 Å². The minimum absolute atomic E-state index is 0.0224. The lowest BCUT2D eigenvalue weighted by Gasteiger charge is -2.01. The number of rotatable bonds is 5. The minimum Gasteiger partial charge on any atom is -0.350 e. The van der Waals surface area contributed by atoms with Crippen molar-refractivity contribution in [3.05, 3.63) is 87.5 Å². The number of carbonyl (C=O) groups is 1. The number of aryl methyl sites for hydroxylation is 1. The molecule has 0 saturated heterocycles. The lowest BCUT2D eigenvalue weighted by atomic mass is 10.1. The lowest BCUT2D eigenvalue weighted by molar-refractivity contribution is -0.112. The first-order valence-electron chi connectivity index (χ1n) is 9.20. The van der Waals surface area contributed by atoms with Gasteiger partial charge in [0.15, 0.2) is 5.13 Å². The molecule has 5 nitrogen and oxygen atoms in total. The molecule has 2 heterocycles. The van der Waals surface area contributed by atoms with Gasteiger partial charge < -0.3 is 4.57 Å². The second-order valence-corrected chi connectivity index (χ2v) is 8.26. The molecule has 7 heteroatoms. The molecular weight excluding hydrogens is 416 g/mol. The molecule has 4 rings (SSSR count). The third-order valence-corrected chi connectivity index (χ3v) is 5.97. The van der Waals surface area contributed by atoms with Crippen LogP contribution in [-0.2, 0) is 18.3 Å². The molecule has 2 aromatic carbocycles. The van der Waals surface area contributed by atoms with Crippen LogP contribution in [0.3, 0.4) is 0 Å². The summed E-state index contributed by atoms with van der Waals surface area (Å²) in [5, 5.41) is 14.4. The molecule has 148 valence electrons. The van der Waals surface area contributed by atoms with Crippen LogP contribution in [0.25, 0.3) is 17.0 Å². The predicted octanol–water partition coefficient (Wildman–Crippen LogP) is 5.42. The largest absolute Gasteiger partial charge is 0.350 e. The van der Waals surface area contributed by atoms with Crippen LogP contribution >= 0.6 is 22.9 Å². The number of fused-ring (bicyclic) bond motifs is 1. The number of hydrogen-bond acceptors (Lipinski definition) is 4. The number of halogens is 1. The van der Waals surface area contributed by atoms with Crippen LogP contribution in [0.4, 0.5) is 5.13 Å². The number of nitriles is 1. The first-order valence-corrected chi connectivity index (χ1v) is 10.4. The highest BCUT2D eigenvalue weighted by atomic mass is 35.5. The third kappa shape index (κ3) is 4.13. The average molecular weight is 433 g/mol. The number of anilines is 1. The molecule has 0 fully saturated rings. The summed E-state index contributed by atoms with van der Waals surface area (Å²) in [5.41, 5.74) is 2.87. The zero-order valence-corrected chi connectivity index (χ0v) is 17.7. The van der Waals surface area contributed by atoms with E-state index < -0.39 is 5.91 Å². The van der Waals surface area contributed by atoms with Crippen LogP contribution in [-0.4, -0.2) is 15.5 Å². The molecule has 2 aromatic heterocycles. The lowest BCUT2D eigenvalue weighted by Crippen LogP contribution is -2.13. The van der Waals surface area contributed by atoms with Crippen molar-refractivity contribution in [1.82, 2.24) is 9.55 Å². The van der Waals surface area contributed by atoms with E-state index in [-0.39, 0.29) is 5.57 Å². The van der Waals surface area contributed by atoms with Gasteiger partial charge in [0.05, 0.1) is 0 Å². The fraction of sp³-hybridized carbons (Fsp3) is 0.0870. The second kappa shape index (κ2) is 8.54. The minimum atomic E-state index is -0.482. The van der Waals surface area contributed by atoms with Gasteiger partial charge in [-0.1, -0.05) is 48.0 Å². The van der Waals surface area contributed by atoms with E-state index in [2.05, 4.69) is 10.3 Å². The summed E-state index contributed by atoms with van der Waals surface area (Å²) >= 11 is 7.58. The average Bonchev–Trinajstić information content (AvgIpc) is 3.32. The second-order valence-electron chi connectivity index (χ2n) is 6.74. The highest BCUT2D eigenvalue weighted by Crippen LogP contribution is 2.26. The quantitative estimate of drug-likeness (QED) is 0.338. The number of nitrogens with zero attached hydrogens (tertiary/aromatic N) is 3. The van der Waals surface area contributed by atoms with Gasteiger partial charge in [-0.3, -0.25) is 10.1 Å². The predicted molar refractivity (Wildman–Crippen MR) is 122 cm³/mol. The van der Waals surface area contributed by atoms with E-state index in [1.54, 1.807) is 12.3 Å². The molecule has 0 aliphatic carbocycles. The Morgan fingerprint density at radius 3 is 2.83 bits per heavy atom. The van der Waals surface area contributed by atoms with Gasteiger partial charge in [0.25, 0.3) is 5.91 Å². The van der Waals surface area contributed by atoms with Gasteiger partial charge in [0, 0.05) is 52.2 Å². The number of thiazole rings is 1. The van der Waals surface area contributed by atoms with Crippen LogP contribution in [0.5, 0.6) is 0 Å². The van der Waals surface area contributed by atoms with Crippen molar-refractivity contribution in [2.75, 3.05) is 5.32 Å². The Hall–Kier alpha value is -3.40. The van der Waals surface area contributed by atoms with E-state index in [4.69, 9.17) is 11.6 Å². The topological polar surface area (TPSA) is 70.7 Å². The summed E-state index contributed by atoms with van der Waals surface area (Å²) in [6.45, 7) is 0. The zero-order chi connectivity index (χ0) is 21.1. The molecule has 0 spiro atoms. The normalized spacial score (nSPS) is 11.4. The van der Waals surface area contributed by atoms with Crippen molar-refractivity contribution in [2.45, 2.75) is 6.42 Å². The maximum atomic E-state index is 12.6. The standard InChI is InChI=1S/C23H17ClN4OS/c1-28-14-17(19-7-3-5-9-21(19)28)10-16(12-25)22(29)27-23-26-13-18(30-23)11-15-6-2-4-8-20(15)24/h2-10,13-14H,11H2,1H3,(H,26,27,29)/b16-10+. The number of nitrogens with one attached hydrogen (secondary N) is 1. The highest BCUT2D eigenvalue weighted by Gasteiger charge is 2.14. The van der Waals surface area contributed by atoms with E-state index in [1.807, 2.05) is 72.4 Å². The SMILES string of the molecule is Cn1cc(/C=C(\C#N)C(=O)Nc2ncc(Cc3ccccc3Cl)s2)c2ccccc21. The third-order valence-electron chi connectivity index (χ3n) is 4.69. The smallest absolute Gasteiger partial charge is 0.268 e. The maximum Gasteiger partial charge on any atom is 0.268 e. The molecule has 4 aromatic rings. The summed E-state index contributed by atoms with van der Waals surface area (Å²) in [4.78, 5) is 17.9. The summed E-state index contributed by atoms with van der Waals surface area (Å²) in [5.74, 6) is -0.482. The van der Waals surface area contributed by atoms with Gasteiger partial charge in [-0.05, 0) is 23.8 Å². The van der Waals surface area contributed by atoms with E-state index in [0.29, 0.717) is 16.6 Å². The molecule has 1 N–H and O–H groups in total. The van der Waals surface area contributed by atoms with E-state index >= 15 is 0 Å². The van der Waals surface area contributed by atoms with E-state index in [9.17, 15) is 10.1 Å². The number of amides is 1. The Balaban J connectivity index is 1.53. The molecule has 0 unspecified atom stereocenters. The number of carbonyl (C=O) groups excluding carboxylic acids is 1. The molecule has 1 amide bonds. The molecule has 0 bridgehead atoms. The first kappa shape index (κ1) is 19.9. The van der Waals surface area contributed by atoms with Gasteiger partial charge in [0.1, 0.15) is 11.6 Å². The van der Waals surface area contributed by atoms with Crippen LogP contribution in [0.2, 0.25) is 5.02 Å². The molecule has 0 aliphatic rings. The Morgan fingerprint density at radius 1 is 1.27 bits per heavy atom. The molecule has 0 saturated carbocycles. The Kier molecular flexibility index (Phi) is 5.66. The van der Waals surface area contributed by atoms with E-state index in [1.165, 1.54) is 11.3 Å². The van der Waals surface area contributed by atoms with Crippen molar-refractivity contribution < 1.29 is 4.79 Å². The van der Waals surface area contributed by atoms with E-state index in [0.717, 1.165) is 26.9 Å². The highest BCUT2D eigenvalue weighted by molar-refractivity contribution is 7.15. The van der Waals surface area contributed by atoms with Gasteiger partial charge in [0.2, 0.25) is 0 Å². The summed E-state index contributed by atoms with van der Waals surface area (Å²) in [7, 11) is 1.93. The molecule has 0 aliphatic heterocycles. The number of para-hydroxylation sites is 1. The van der Waals surface area contributed by atoms with Crippen LogP contribution in [0.1, 0.15) is 16.0 Å². The van der Waals surface area contributed by atoms with Crippen molar-refractivity contribution in [3.8, 4) is 6.07 Å². The van der Waals surface area contributed by atoms with Crippen molar-refractivity contribution in [1.29, 1.82) is 5.26 Å². The molecule has 0 radical (unpaired) electrons. The fourth-order valence-electron chi connectivity index (χ4n) is 3.23. The molecular formula is C23H17ClN4OS. The maximum absolute atomic E-state index is 12.6. The zero-order valence-electron chi connectivity index (χ0n) is 16.1. The van der Waals surface area contributed by atoms with Gasteiger partial charge in [-0.2, -0.15) is 5.26 Å². The summed E-state index contributed by atoms with van der Waals surface area (Å²) < 4.78 is 1.97. The van der Waals surface area contributed by atoms with Crippen LogP contribution in [0, 0.1) is 11.3 Å². The van der Waals surface area contributed by atoms with Crippen molar-refractivity contribution in [2.24, 2.45) is 7.05 Å². The van der Waals surface area contributed by atoms with Crippen LogP contribution in [0.15, 0.2) is 66.5 Å². The Morgan fingerprint density at radius 2 is 2.03 bits per heavy atom. The number of hydrogen-bond donors (Lipinski definition) is 1. The Bertz CT molecular complexity index is 1310. The van der Waals surface area contributed by atoms with Crippen molar-refractivity contribution in [3.63, 3.8) is 0 Å². The summed E-state index contributed by atoms with van der Waals surface area (Å²) in [6.07, 6.45) is 5.85. The van der Waals surface area contributed by atoms with Gasteiger partial charge >= 0.3 is 0 Å².